The van der Waals surface area contributed by atoms with E-state index in [0.717, 1.165) is 19.3 Å². The van der Waals surface area contributed by atoms with E-state index in [0.29, 0.717) is 0 Å². The summed E-state index contributed by atoms with van der Waals surface area (Å²) in [5.41, 5.74) is 0. The smallest absolute Gasteiger partial charge is 0.0273 e. The van der Waals surface area contributed by atoms with Gasteiger partial charge >= 0.3 is 0 Å². The first-order valence-corrected chi connectivity index (χ1v) is 8.05. The van der Waals surface area contributed by atoms with Gasteiger partial charge in [0.05, 0.1) is 0 Å². The van der Waals surface area contributed by atoms with E-state index in [1.165, 1.54) is 0 Å². The monoisotopic (exact) mass is 301 g/mol. The van der Waals surface area contributed by atoms with E-state index in [-0.39, 0.29) is 0 Å². The summed E-state index contributed by atoms with van der Waals surface area (Å²) in [7, 11) is 0. The van der Waals surface area contributed by atoms with Crippen molar-refractivity contribution in [2.45, 2.75) is 19.3 Å². The minimum absolute atomic E-state index is 0.991. The van der Waals surface area contributed by atoms with Gasteiger partial charge in [-0.2, -0.15) is 0 Å². The standard InChI is InChI=1S/C23H25/c1-2-4-6-8-10-12-14-16-18-20-22-23-21-19-17-15-13-11-9-7-5-3-1/h1-19H,20,22-23H2/b2-1+,5-3-,6-4+,9-7+,10-8-,13-11+,14-12+,17-15+,18-16+,21-19?. The average molecular weight is 301 g/mol. The molecule has 0 fully saturated rings. The van der Waals surface area contributed by atoms with E-state index in [2.05, 4.69) is 24.3 Å². The van der Waals surface area contributed by atoms with Crippen LogP contribution in [-0.4, -0.2) is 0 Å². The van der Waals surface area contributed by atoms with Gasteiger partial charge in [-0.25, -0.2) is 0 Å². The second-order valence-corrected chi connectivity index (χ2v) is 4.77. The summed E-state index contributed by atoms with van der Waals surface area (Å²) in [6.45, 7) is 0. The van der Waals surface area contributed by atoms with Crippen molar-refractivity contribution in [3.8, 4) is 0 Å². The van der Waals surface area contributed by atoms with Gasteiger partial charge in [0.1, 0.15) is 0 Å². The van der Waals surface area contributed by atoms with E-state index in [1.807, 2.05) is 97.2 Å². The Morgan fingerprint density at radius 2 is 0.826 bits per heavy atom. The molecule has 0 aromatic rings. The molecule has 0 amide bonds. The van der Waals surface area contributed by atoms with Crippen molar-refractivity contribution in [1.82, 2.24) is 0 Å². The van der Waals surface area contributed by atoms with Crippen molar-refractivity contribution in [2.75, 3.05) is 0 Å². The lowest BCUT2D eigenvalue weighted by molar-refractivity contribution is 0.855. The zero-order valence-corrected chi connectivity index (χ0v) is 13.6. The van der Waals surface area contributed by atoms with Gasteiger partial charge in [-0.1, -0.05) is 115 Å². The van der Waals surface area contributed by atoms with Crippen molar-refractivity contribution < 1.29 is 0 Å². The summed E-state index contributed by atoms with van der Waals surface area (Å²) in [5, 5.41) is 0. The van der Waals surface area contributed by atoms with Crippen molar-refractivity contribution >= 4 is 0 Å². The number of hydrogen-bond donors (Lipinski definition) is 0. The molecule has 0 bridgehead atoms. The second kappa shape index (κ2) is 15.8. The molecule has 0 unspecified atom stereocenters. The number of rotatable bonds is 0. The fourth-order valence-electron chi connectivity index (χ4n) is 1.67. The largest absolute Gasteiger partial charge is 0.0845 e. The van der Waals surface area contributed by atoms with Gasteiger partial charge in [-0.05, 0) is 25.3 Å². The van der Waals surface area contributed by atoms with Crippen molar-refractivity contribution in [2.24, 2.45) is 0 Å². The van der Waals surface area contributed by atoms with E-state index in [9.17, 15) is 0 Å². The maximum Gasteiger partial charge on any atom is -0.0273 e. The summed E-state index contributed by atoms with van der Waals surface area (Å²) in [5.74, 6) is 0. The van der Waals surface area contributed by atoms with Gasteiger partial charge in [0.15, 0.2) is 0 Å². The first-order valence-electron chi connectivity index (χ1n) is 8.05. The summed E-state index contributed by atoms with van der Waals surface area (Å²) < 4.78 is 0. The Kier molecular flexibility index (Phi) is 12.7. The predicted octanol–water partition coefficient (Wildman–Crippen LogP) is 6.54. The van der Waals surface area contributed by atoms with Crippen LogP contribution in [0.25, 0.3) is 0 Å². The molecule has 0 saturated heterocycles. The van der Waals surface area contributed by atoms with Gasteiger partial charge < -0.3 is 0 Å². The van der Waals surface area contributed by atoms with Crippen LogP contribution in [0.2, 0.25) is 0 Å². The third-order valence-electron chi connectivity index (χ3n) is 2.82. The Labute approximate surface area is 141 Å². The molecule has 0 aromatic heterocycles. The molecule has 1 radical (unpaired) electrons. The van der Waals surface area contributed by atoms with E-state index >= 15 is 0 Å². The highest BCUT2D eigenvalue weighted by atomic mass is 13.8. The summed E-state index contributed by atoms with van der Waals surface area (Å²) in [6, 6.07) is 0. The Hall–Kier alpha value is -2.60. The number of hydrogen-bond acceptors (Lipinski definition) is 0. The minimum atomic E-state index is 0.991. The van der Waals surface area contributed by atoms with Crippen LogP contribution < -0.4 is 0 Å². The molecule has 0 nitrogen and oxygen atoms in total. The Morgan fingerprint density at radius 1 is 0.435 bits per heavy atom. The minimum Gasteiger partial charge on any atom is -0.0845 e. The summed E-state index contributed by atoms with van der Waals surface area (Å²) in [4.78, 5) is 0. The van der Waals surface area contributed by atoms with Crippen LogP contribution in [-0.2, 0) is 0 Å². The molecule has 0 atom stereocenters. The second-order valence-electron chi connectivity index (χ2n) is 4.77. The topological polar surface area (TPSA) is 0 Å². The molecule has 0 heteroatoms. The van der Waals surface area contributed by atoms with Crippen LogP contribution in [0.3, 0.4) is 0 Å². The Bertz CT molecular complexity index is 515. The first kappa shape index (κ1) is 18.4. The molecular formula is C23H25. The molecule has 1 aliphatic carbocycles. The zero-order chi connectivity index (χ0) is 16.3. The molecule has 0 aromatic carbocycles. The molecular weight excluding hydrogens is 276 g/mol. The quantitative estimate of drug-likeness (QED) is 0.477. The van der Waals surface area contributed by atoms with E-state index < -0.39 is 0 Å². The molecule has 0 N–H and O–H groups in total. The van der Waals surface area contributed by atoms with Crippen LogP contribution in [0.15, 0.2) is 115 Å². The molecule has 1 aliphatic rings. The lowest BCUT2D eigenvalue weighted by Gasteiger charge is -1.87. The summed E-state index contributed by atoms with van der Waals surface area (Å²) in [6.07, 6.45) is 45.0. The molecule has 1 rings (SSSR count). The Morgan fingerprint density at radius 3 is 1.30 bits per heavy atom. The fourth-order valence-corrected chi connectivity index (χ4v) is 1.67. The predicted molar refractivity (Wildman–Crippen MR) is 104 cm³/mol. The highest BCUT2D eigenvalue weighted by molar-refractivity contribution is 5.22. The lowest BCUT2D eigenvalue weighted by atomic mass is 10.2. The molecule has 23 heavy (non-hydrogen) atoms. The normalized spacial score (nSPS) is 31.0. The zero-order valence-electron chi connectivity index (χ0n) is 13.6. The van der Waals surface area contributed by atoms with Crippen LogP contribution in [0, 0.1) is 6.08 Å². The number of allylic oxidation sites excluding steroid dienone is 20. The van der Waals surface area contributed by atoms with Crippen LogP contribution >= 0.6 is 0 Å². The summed E-state index contributed by atoms with van der Waals surface area (Å²) >= 11 is 0. The SMILES string of the molecule is [C]1=C/C=C/C=C/C=C/C=C\C=C\C=C\C=C/C=C/C=C/CCC/1. The average Bonchev–Trinajstić information content (AvgIpc) is 2.56. The molecule has 0 heterocycles. The Balaban J connectivity index is 2.56. The molecule has 0 saturated carbocycles. The van der Waals surface area contributed by atoms with E-state index in [4.69, 9.17) is 0 Å². The lowest BCUT2D eigenvalue weighted by Crippen LogP contribution is -1.68. The van der Waals surface area contributed by atoms with Gasteiger partial charge in [0.25, 0.3) is 0 Å². The van der Waals surface area contributed by atoms with E-state index in [1.54, 1.807) is 0 Å². The van der Waals surface area contributed by atoms with Crippen molar-refractivity contribution in [3.63, 3.8) is 0 Å². The highest BCUT2D eigenvalue weighted by Gasteiger charge is 1.79. The molecule has 0 aliphatic heterocycles. The maximum absolute atomic E-state index is 3.28. The van der Waals surface area contributed by atoms with Crippen molar-refractivity contribution in [1.29, 1.82) is 0 Å². The molecule has 0 spiro atoms. The first-order chi connectivity index (χ1) is 11.5. The van der Waals surface area contributed by atoms with Gasteiger partial charge in [0.2, 0.25) is 0 Å². The third-order valence-corrected chi connectivity index (χ3v) is 2.82. The van der Waals surface area contributed by atoms with Gasteiger partial charge in [0, 0.05) is 0 Å². The third kappa shape index (κ3) is 14.1. The van der Waals surface area contributed by atoms with Gasteiger partial charge in [-0.3, -0.25) is 0 Å². The fraction of sp³-hybridized carbons (Fsp3) is 0.130. The van der Waals surface area contributed by atoms with Crippen molar-refractivity contribution in [3.05, 3.63) is 122 Å². The van der Waals surface area contributed by atoms with Crippen LogP contribution in [0.5, 0.6) is 0 Å². The van der Waals surface area contributed by atoms with Crippen LogP contribution in [0.1, 0.15) is 19.3 Å². The van der Waals surface area contributed by atoms with Crippen LogP contribution in [0.4, 0.5) is 0 Å². The molecule has 117 valence electrons. The highest BCUT2D eigenvalue weighted by Crippen LogP contribution is 1.98. The van der Waals surface area contributed by atoms with Gasteiger partial charge in [-0.15, -0.1) is 0 Å². The maximum atomic E-state index is 3.28.